The molecular formula is C13H26N2. The zero-order chi connectivity index (χ0) is 12.1. The minimum Gasteiger partial charge on any atom is -0.315 e. The summed E-state index contributed by atoms with van der Waals surface area (Å²) in [5.41, 5.74) is 0.303. The Hall–Kier alpha value is -0.550. The van der Waals surface area contributed by atoms with Crippen molar-refractivity contribution in [2.75, 3.05) is 13.1 Å². The molecule has 0 aliphatic heterocycles. The molecule has 0 bridgehead atoms. The van der Waals surface area contributed by atoms with Gasteiger partial charge in [-0.25, -0.2) is 0 Å². The molecule has 0 aliphatic rings. The lowest BCUT2D eigenvalue weighted by Gasteiger charge is -2.30. The van der Waals surface area contributed by atoms with Crippen molar-refractivity contribution in [1.29, 1.82) is 5.26 Å². The van der Waals surface area contributed by atoms with E-state index in [1.165, 1.54) is 0 Å². The van der Waals surface area contributed by atoms with Crippen molar-refractivity contribution >= 4 is 0 Å². The molecule has 0 radical (unpaired) electrons. The van der Waals surface area contributed by atoms with Crippen LogP contribution in [0, 0.1) is 34.5 Å². The smallest absolute Gasteiger partial charge is 0.0671 e. The van der Waals surface area contributed by atoms with Gasteiger partial charge >= 0.3 is 0 Å². The van der Waals surface area contributed by atoms with Crippen LogP contribution in [0.4, 0.5) is 0 Å². The van der Waals surface area contributed by atoms with Crippen LogP contribution in [0.5, 0.6) is 0 Å². The third-order valence-electron chi connectivity index (χ3n) is 3.48. The Bertz CT molecular complexity index is 211. The van der Waals surface area contributed by atoms with E-state index in [1.54, 1.807) is 0 Å². The highest BCUT2D eigenvalue weighted by atomic mass is 14.9. The fourth-order valence-corrected chi connectivity index (χ4v) is 1.18. The van der Waals surface area contributed by atoms with Crippen LogP contribution in [0.15, 0.2) is 0 Å². The van der Waals surface area contributed by atoms with E-state index < -0.39 is 0 Å². The Morgan fingerprint density at radius 1 is 1.20 bits per heavy atom. The Morgan fingerprint density at radius 2 is 1.73 bits per heavy atom. The van der Waals surface area contributed by atoms with Gasteiger partial charge in [0.25, 0.3) is 0 Å². The first-order valence-electron chi connectivity index (χ1n) is 5.91. The molecule has 0 rings (SSSR count). The highest BCUT2D eigenvalue weighted by Gasteiger charge is 2.22. The Labute approximate surface area is 95.1 Å². The molecule has 2 nitrogen and oxygen atoms in total. The molecule has 2 heteroatoms. The minimum atomic E-state index is 0.132. The molecule has 0 fully saturated rings. The van der Waals surface area contributed by atoms with E-state index in [2.05, 4.69) is 52.9 Å². The molecule has 0 amide bonds. The normalized spacial score (nSPS) is 14.3. The average molecular weight is 210 g/mol. The third kappa shape index (κ3) is 5.18. The van der Waals surface area contributed by atoms with Gasteiger partial charge in [-0.2, -0.15) is 5.26 Å². The molecule has 0 saturated heterocycles. The van der Waals surface area contributed by atoms with Gasteiger partial charge in [-0.05, 0) is 17.3 Å². The van der Waals surface area contributed by atoms with Crippen molar-refractivity contribution in [3.05, 3.63) is 0 Å². The van der Waals surface area contributed by atoms with Crippen LogP contribution in [0.3, 0.4) is 0 Å². The first-order chi connectivity index (χ1) is 6.81. The van der Waals surface area contributed by atoms with Gasteiger partial charge in [0.1, 0.15) is 0 Å². The predicted molar refractivity (Wildman–Crippen MR) is 65.4 cm³/mol. The highest BCUT2D eigenvalue weighted by Crippen LogP contribution is 2.24. The lowest BCUT2D eigenvalue weighted by molar-refractivity contribution is 0.233. The Balaban J connectivity index is 3.94. The van der Waals surface area contributed by atoms with Gasteiger partial charge in [-0.1, -0.05) is 41.5 Å². The maximum absolute atomic E-state index is 8.95. The van der Waals surface area contributed by atoms with Gasteiger partial charge in [0.2, 0.25) is 0 Å². The van der Waals surface area contributed by atoms with Gasteiger partial charge in [-0.3, -0.25) is 0 Å². The quantitative estimate of drug-likeness (QED) is 0.731. The highest BCUT2D eigenvalue weighted by molar-refractivity contribution is 4.87. The summed E-state index contributed by atoms with van der Waals surface area (Å²) in [6.07, 6.45) is 0. The number of hydrogen-bond acceptors (Lipinski definition) is 2. The van der Waals surface area contributed by atoms with Crippen molar-refractivity contribution in [2.24, 2.45) is 23.2 Å². The summed E-state index contributed by atoms with van der Waals surface area (Å²) in [5.74, 6) is 1.22. The molecule has 0 aromatic carbocycles. The molecular weight excluding hydrogens is 184 g/mol. The fourth-order valence-electron chi connectivity index (χ4n) is 1.18. The van der Waals surface area contributed by atoms with Gasteiger partial charge in [0.15, 0.2) is 0 Å². The maximum Gasteiger partial charge on any atom is 0.0671 e. The van der Waals surface area contributed by atoms with Crippen LogP contribution in [0.1, 0.15) is 41.5 Å². The van der Waals surface area contributed by atoms with Gasteiger partial charge in [-0.15, -0.1) is 0 Å². The summed E-state index contributed by atoms with van der Waals surface area (Å²) < 4.78 is 0. The van der Waals surface area contributed by atoms with E-state index in [0.29, 0.717) is 17.3 Å². The second-order valence-electron chi connectivity index (χ2n) is 5.75. The van der Waals surface area contributed by atoms with Crippen LogP contribution < -0.4 is 5.32 Å². The maximum atomic E-state index is 8.95. The molecule has 15 heavy (non-hydrogen) atoms. The molecule has 0 spiro atoms. The van der Waals surface area contributed by atoms with Crippen LogP contribution in [-0.4, -0.2) is 13.1 Å². The Morgan fingerprint density at radius 3 is 2.07 bits per heavy atom. The molecule has 0 aromatic heterocycles. The lowest BCUT2D eigenvalue weighted by atomic mass is 9.81. The first-order valence-corrected chi connectivity index (χ1v) is 5.91. The monoisotopic (exact) mass is 210 g/mol. The number of hydrogen-bond donors (Lipinski definition) is 1. The molecule has 0 aliphatic carbocycles. The molecule has 0 aromatic rings. The van der Waals surface area contributed by atoms with Gasteiger partial charge < -0.3 is 5.32 Å². The van der Waals surface area contributed by atoms with E-state index in [1.807, 2.05) is 0 Å². The molecule has 0 heterocycles. The third-order valence-corrected chi connectivity index (χ3v) is 3.48. The Kier molecular flexibility index (Phi) is 5.90. The summed E-state index contributed by atoms with van der Waals surface area (Å²) in [5, 5.41) is 12.4. The fraction of sp³-hybridized carbons (Fsp3) is 0.923. The first kappa shape index (κ1) is 14.5. The molecule has 1 unspecified atom stereocenters. The van der Waals surface area contributed by atoms with E-state index >= 15 is 0 Å². The lowest BCUT2D eigenvalue weighted by Crippen LogP contribution is -2.36. The van der Waals surface area contributed by atoms with E-state index in [0.717, 1.165) is 13.1 Å². The predicted octanol–water partition coefficient (Wildman–Crippen LogP) is 3.05. The number of nitrogens with one attached hydrogen (secondary N) is 1. The van der Waals surface area contributed by atoms with Crippen LogP contribution in [-0.2, 0) is 0 Å². The van der Waals surface area contributed by atoms with Crippen molar-refractivity contribution < 1.29 is 0 Å². The van der Waals surface area contributed by atoms with E-state index in [-0.39, 0.29) is 5.92 Å². The number of nitrogens with zero attached hydrogens (tertiary/aromatic N) is 1. The number of rotatable bonds is 6. The average Bonchev–Trinajstić information content (AvgIpc) is 2.11. The van der Waals surface area contributed by atoms with Crippen LogP contribution in [0.25, 0.3) is 0 Å². The molecule has 0 saturated carbocycles. The summed E-state index contributed by atoms with van der Waals surface area (Å²) in [4.78, 5) is 0. The second-order valence-corrected chi connectivity index (χ2v) is 5.75. The standard InChI is InChI=1S/C13H26N2/c1-10(2)12(7-14)8-15-9-13(5,6)11(3)4/h10-12,15H,8-9H2,1-6H3. The molecule has 1 N–H and O–H groups in total. The summed E-state index contributed by atoms with van der Waals surface area (Å²) in [6, 6.07) is 2.35. The van der Waals surface area contributed by atoms with Crippen LogP contribution >= 0.6 is 0 Å². The van der Waals surface area contributed by atoms with Crippen molar-refractivity contribution in [3.8, 4) is 6.07 Å². The summed E-state index contributed by atoms with van der Waals surface area (Å²) >= 11 is 0. The van der Waals surface area contributed by atoms with Crippen molar-refractivity contribution in [3.63, 3.8) is 0 Å². The molecule has 1 atom stereocenters. The number of nitriles is 1. The van der Waals surface area contributed by atoms with Crippen LogP contribution in [0.2, 0.25) is 0 Å². The summed E-state index contributed by atoms with van der Waals surface area (Å²) in [7, 11) is 0. The van der Waals surface area contributed by atoms with Gasteiger partial charge in [0.05, 0.1) is 12.0 Å². The van der Waals surface area contributed by atoms with Crippen molar-refractivity contribution in [1.82, 2.24) is 5.32 Å². The largest absolute Gasteiger partial charge is 0.315 e. The topological polar surface area (TPSA) is 35.8 Å². The zero-order valence-corrected chi connectivity index (χ0v) is 11.1. The summed E-state index contributed by atoms with van der Waals surface area (Å²) in [6.45, 7) is 15.0. The van der Waals surface area contributed by atoms with E-state index in [9.17, 15) is 0 Å². The minimum absolute atomic E-state index is 0.132. The zero-order valence-electron chi connectivity index (χ0n) is 11.1. The van der Waals surface area contributed by atoms with Crippen molar-refractivity contribution in [2.45, 2.75) is 41.5 Å². The van der Waals surface area contributed by atoms with E-state index in [4.69, 9.17) is 5.26 Å². The van der Waals surface area contributed by atoms with Gasteiger partial charge in [0, 0.05) is 13.1 Å². The molecule has 88 valence electrons. The second kappa shape index (κ2) is 6.12. The SMILES string of the molecule is CC(C)C(C#N)CNCC(C)(C)C(C)C.